The van der Waals surface area contributed by atoms with E-state index in [1.807, 2.05) is 6.92 Å². The van der Waals surface area contributed by atoms with Crippen LogP contribution in [0.3, 0.4) is 0 Å². The lowest BCUT2D eigenvalue weighted by Crippen LogP contribution is -2.27. The summed E-state index contributed by atoms with van der Waals surface area (Å²) in [5.74, 6) is 0.915. The summed E-state index contributed by atoms with van der Waals surface area (Å²) in [5, 5.41) is 0. The average Bonchev–Trinajstić information content (AvgIpc) is 2.38. The topological polar surface area (TPSA) is 55.8 Å². The fourth-order valence-corrected chi connectivity index (χ4v) is 2.87. The van der Waals surface area contributed by atoms with E-state index in [4.69, 9.17) is 9.47 Å². The van der Waals surface area contributed by atoms with Gasteiger partial charge in [0, 0.05) is 19.7 Å². The van der Waals surface area contributed by atoms with Gasteiger partial charge in [-0.15, -0.1) is 0 Å². The summed E-state index contributed by atoms with van der Waals surface area (Å²) in [6.07, 6.45) is 0.767. The molecule has 5 nitrogen and oxygen atoms in total. The molecule has 0 fully saturated rings. The molecule has 0 heterocycles. The van der Waals surface area contributed by atoms with E-state index in [0.29, 0.717) is 18.0 Å². The van der Waals surface area contributed by atoms with Crippen LogP contribution in [0.2, 0.25) is 0 Å². The van der Waals surface area contributed by atoms with Crippen LogP contribution in [-0.2, 0) is 10.0 Å². The van der Waals surface area contributed by atoms with Crippen LogP contribution in [0.15, 0.2) is 23.1 Å². The van der Waals surface area contributed by atoms with Gasteiger partial charge in [0.1, 0.15) is 0 Å². The Hall–Kier alpha value is -1.27. The van der Waals surface area contributed by atoms with Gasteiger partial charge in [-0.1, -0.05) is 6.92 Å². The van der Waals surface area contributed by atoms with Crippen LogP contribution >= 0.6 is 0 Å². The smallest absolute Gasteiger partial charge is 0.242 e. The molecule has 6 heteroatoms. The lowest BCUT2D eigenvalue weighted by Gasteiger charge is -2.17. The van der Waals surface area contributed by atoms with Crippen LogP contribution in [0.25, 0.3) is 0 Å². The van der Waals surface area contributed by atoms with E-state index >= 15 is 0 Å². The van der Waals surface area contributed by atoms with Gasteiger partial charge in [0.15, 0.2) is 11.5 Å². The van der Waals surface area contributed by atoms with E-state index < -0.39 is 10.0 Å². The predicted molar refractivity (Wildman–Crippen MR) is 69.7 cm³/mol. The first-order chi connectivity index (χ1) is 8.47. The van der Waals surface area contributed by atoms with Crippen LogP contribution in [0.4, 0.5) is 0 Å². The summed E-state index contributed by atoms with van der Waals surface area (Å²) >= 11 is 0. The maximum Gasteiger partial charge on any atom is 0.242 e. The summed E-state index contributed by atoms with van der Waals surface area (Å²) in [6.45, 7) is 2.41. The van der Waals surface area contributed by atoms with Crippen LogP contribution in [-0.4, -0.2) is 40.5 Å². The molecular formula is C12H19NO4S. The van der Waals surface area contributed by atoms with Crippen LogP contribution in [0.5, 0.6) is 11.5 Å². The summed E-state index contributed by atoms with van der Waals surface area (Å²) in [6, 6.07) is 4.58. The fraction of sp³-hybridized carbons (Fsp3) is 0.500. The highest BCUT2D eigenvalue weighted by Gasteiger charge is 2.21. The third-order valence-electron chi connectivity index (χ3n) is 2.60. The van der Waals surface area contributed by atoms with Gasteiger partial charge >= 0.3 is 0 Å². The highest BCUT2D eigenvalue weighted by molar-refractivity contribution is 7.89. The molecule has 0 aromatic heterocycles. The quantitative estimate of drug-likeness (QED) is 0.792. The highest BCUT2D eigenvalue weighted by Crippen LogP contribution is 2.30. The number of rotatable bonds is 6. The van der Waals surface area contributed by atoms with Gasteiger partial charge in [0.2, 0.25) is 10.0 Å². The van der Waals surface area contributed by atoms with Crippen molar-refractivity contribution in [1.82, 2.24) is 4.31 Å². The normalized spacial score (nSPS) is 11.6. The lowest BCUT2D eigenvalue weighted by atomic mass is 10.3. The van der Waals surface area contributed by atoms with Gasteiger partial charge in [0.25, 0.3) is 0 Å². The summed E-state index contributed by atoms with van der Waals surface area (Å²) in [5.41, 5.74) is 0. The molecule has 0 saturated heterocycles. The largest absolute Gasteiger partial charge is 0.493 e. The molecule has 0 amide bonds. The Morgan fingerprint density at radius 1 is 1.17 bits per heavy atom. The molecule has 18 heavy (non-hydrogen) atoms. The number of nitrogens with zero attached hydrogens (tertiary/aromatic N) is 1. The minimum atomic E-state index is -3.46. The first-order valence-corrected chi connectivity index (χ1v) is 7.09. The summed E-state index contributed by atoms with van der Waals surface area (Å²) in [7, 11) is 1.09. The number of hydrogen-bond acceptors (Lipinski definition) is 4. The van der Waals surface area contributed by atoms with Crippen LogP contribution < -0.4 is 9.47 Å². The van der Waals surface area contributed by atoms with Crippen molar-refractivity contribution in [2.24, 2.45) is 0 Å². The third kappa shape index (κ3) is 2.94. The summed E-state index contributed by atoms with van der Waals surface area (Å²) in [4.78, 5) is 0.205. The van der Waals surface area contributed by atoms with Crippen molar-refractivity contribution in [1.29, 1.82) is 0 Å². The van der Waals surface area contributed by atoms with E-state index in [2.05, 4.69) is 0 Å². The van der Waals surface area contributed by atoms with E-state index in [9.17, 15) is 8.42 Å². The zero-order valence-electron chi connectivity index (χ0n) is 11.1. The van der Waals surface area contributed by atoms with Crippen molar-refractivity contribution in [3.63, 3.8) is 0 Å². The van der Waals surface area contributed by atoms with E-state index in [0.717, 1.165) is 6.42 Å². The molecule has 0 saturated carbocycles. The van der Waals surface area contributed by atoms with Crippen molar-refractivity contribution >= 4 is 10.0 Å². The standard InChI is InChI=1S/C12H19NO4S/c1-5-8-13(2)18(14,15)10-6-7-11(16-3)12(9-10)17-4/h6-7,9H,5,8H2,1-4H3. The van der Waals surface area contributed by atoms with Gasteiger partial charge in [-0.3, -0.25) is 0 Å². The molecular weight excluding hydrogens is 254 g/mol. The Kier molecular flexibility index (Phi) is 4.98. The Morgan fingerprint density at radius 3 is 2.28 bits per heavy atom. The number of methoxy groups -OCH3 is 2. The lowest BCUT2D eigenvalue weighted by molar-refractivity contribution is 0.353. The molecule has 1 rings (SSSR count). The first kappa shape index (κ1) is 14.8. The zero-order valence-corrected chi connectivity index (χ0v) is 12.0. The maximum atomic E-state index is 12.2. The van der Waals surface area contributed by atoms with Crippen molar-refractivity contribution in [3.8, 4) is 11.5 Å². The van der Waals surface area contributed by atoms with E-state index in [1.165, 1.54) is 30.7 Å². The molecule has 0 aliphatic heterocycles. The predicted octanol–water partition coefficient (Wildman–Crippen LogP) is 1.73. The Balaban J connectivity index is 3.17. The number of benzene rings is 1. The molecule has 0 aliphatic rings. The molecule has 1 aromatic rings. The third-order valence-corrected chi connectivity index (χ3v) is 4.45. The van der Waals surface area contributed by atoms with E-state index in [-0.39, 0.29) is 4.90 Å². The molecule has 0 atom stereocenters. The second-order valence-electron chi connectivity index (χ2n) is 3.84. The molecule has 0 radical (unpaired) electrons. The zero-order chi connectivity index (χ0) is 13.8. The van der Waals surface area contributed by atoms with E-state index in [1.54, 1.807) is 13.1 Å². The van der Waals surface area contributed by atoms with Crippen LogP contribution in [0, 0.1) is 0 Å². The monoisotopic (exact) mass is 273 g/mol. The Morgan fingerprint density at radius 2 is 1.78 bits per heavy atom. The van der Waals surface area contributed by atoms with Crippen molar-refractivity contribution < 1.29 is 17.9 Å². The molecule has 0 spiro atoms. The van der Waals surface area contributed by atoms with Crippen molar-refractivity contribution in [2.45, 2.75) is 18.2 Å². The second kappa shape index (κ2) is 6.06. The molecule has 0 aliphatic carbocycles. The number of sulfonamides is 1. The average molecular weight is 273 g/mol. The second-order valence-corrected chi connectivity index (χ2v) is 5.89. The SMILES string of the molecule is CCCN(C)S(=O)(=O)c1ccc(OC)c(OC)c1. The van der Waals surface area contributed by atoms with Gasteiger partial charge in [-0.2, -0.15) is 0 Å². The highest BCUT2D eigenvalue weighted by atomic mass is 32.2. The minimum absolute atomic E-state index is 0.205. The van der Waals surface area contributed by atoms with Gasteiger partial charge < -0.3 is 9.47 Å². The van der Waals surface area contributed by atoms with Gasteiger partial charge in [0.05, 0.1) is 19.1 Å². The molecule has 102 valence electrons. The molecule has 1 aromatic carbocycles. The fourth-order valence-electron chi connectivity index (χ4n) is 1.59. The Bertz CT molecular complexity index is 499. The van der Waals surface area contributed by atoms with Crippen molar-refractivity contribution in [3.05, 3.63) is 18.2 Å². The van der Waals surface area contributed by atoms with Gasteiger partial charge in [-0.05, 0) is 18.6 Å². The van der Waals surface area contributed by atoms with Crippen LogP contribution in [0.1, 0.15) is 13.3 Å². The number of ether oxygens (including phenoxy) is 2. The number of hydrogen-bond donors (Lipinski definition) is 0. The summed E-state index contributed by atoms with van der Waals surface area (Å²) < 4.78 is 35.9. The Labute approximate surface area is 108 Å². The molecule has 0 unspecified atom stereocenters. The molecule has 0 N–H and O–H groups in total. The minimum Gasteiger partial charge on any atom is -0.493 e. The maximum absolute atomic E-state index is 12.2. The van der Waals surface area contributed by atoms with Crippen molar-refractivity contribution in [2.75, 3.05) is 27.8 Å². The molecule has 0 bridgehead atoms. The first-order valence-electron chi connectivity index (χ1n) is 5.65. The van der Waals surface area contributed by atoms with Gasteiger partial charge in [-0.25, -0.2) is 12.7 Å².